The Hall–Kier alpha value is -0.214. The Kier molecular flexibility index (Phi) is 3.98. The zero-order chi connectivity index (χ0) is 12.0. The van der Waals surface area contributed by atoms with E-state index in [4.69, 9.17) is 4.42 Å². The van der Waals surface area contributed by atoms with E-state index in [-0.39, 0.29) is 56.3 Å². The van der Waals surface area contributed by atoms with Gasteiger partial charge in [0.05, 0.1) is 4.90 Å². The van der Waals surface area contributed by atoms with E-state index in [1.807, 2.05) is 18.2 Å². The van der Waals surface area contributed by atoms with Crippen LogP contribution >= 0.6 is 0 Å². The van der Waals surface area contributed by atoms with Crippen molar-refractivity contribution in [2.75, 3.05) is 0 Å². The van der Waals surface area contributed by atoms with Gasteiger partial charge in [0.1, 0.15) is 21.3 Å². The minimum absolute atomic E-state index is 0. The molecule has 6 heteroatoms. The van der Waals surface area contributed by atoms with Crippen LogP contribution in [-0.4, -0.2) is 13.0 Å². The molecular formula is C12H7KO4S. The van der Waals surface area contributed by atoms with Crippen molar-refractivity contribution in [1.29, 1.82) is 0 Å². The van der Waals surface area contributed by atoms with Crippen LogP contribution in [-0.2, 0) is 10.1 Å². The molecule has 0 radical (unpaired) electrons. The fourth-order valence-corrected chi connectivity index (χ4v) is 2.35. The van der Waals surface area contributed by atoms with Gasteiger partial charge in [-0.2, -0.15) is 0 Å². The first kappa shape index (κ1) is 14.2. The Balaban J connectivity index is 0.00000120. The van der Waals surface area contributed by atoms with Gasteiger partial charge in [-0.15, -0.1) is 0 Å². The first-order valence-corrected chi connectivity index (χ1v) is 6.34. The second-order valence-corrected chi connectivity index (χ2v) is 5.09. The number of para-hydroxylation sites is 1. The molecule has 0 atom stereocenters. The Morgan fingerprint density at radius 3 is 2.33 bits per heavy atom. The normalized spacial score (nSPS) is 11.6. The Bertz CT molecular complexity index is 820. The van der Waals surface area contributed by atoms with Crippen molar-refractivity contribution >= 4 is 32.1 Å². The maximum Gasteiger partial charge on any atom is 1.00 e. The molecule has 0 aliphatic rings. The molecule has 3 rings (SSSR count). The number of rotatable bonds is 1. The predicted octanol–water partition coefficient (Wildman–Crippen LogP) is -0.506. The van der Waals surface area contributed by atoms with Crippen molar-refractivity contribution in [2.45, 2.75) is 4.90 Å². The summed E-state index contributed by atoms with van der Waals surface area (Å²) in [7, 11) is -4.44. The Morgan fingerprint density at radius 2 is 1.61 bits per heavy atom. The molecule has 0 spiro atoms. The third-order valence-electron chi connectivity index (χ3n) is 2.64. The maximum atomic E-state index is 10.9. The van der Waals surface area contributed by atoms with E-state index in [0.717, 1.165) is 10.8 Å². The van der Waals surface area contributed by atoms with Crippen molar-refractivity contribution in [3.63, 3.8) is 0 Å². The number of hydrogen-bond acceptors (Lipinski definition) is 4. The Morgan fingerprint density at radius 1 is 0.944 bits per heavy atom. The van der Waals surface area contributed by atoms with Gasteiger partial charge < -0.3 is 8.97 Å². The van der Waals surface area contributed by atoms with Crippen molar-refractivity contribution in [1.82, 2.24) is 0 Å². The fourth-order valence-electron chi connectivity index (χ4n) is 1.86. The summed E-state index contributed by atoms with van der Waals surface area (Å²) < 4.78 is 38.2. The SMILES string of the molecule is O=S(=O)([O-])c1ccc2c(c1)oc1ccccc12.[K+]. The summed E-state index contributed by atoms with van der Waals surface area (Å²) >= 11 is 0. The molecule has 18 heavy (non-hydrogen) atoms. The van der Waals surface area contributed by atoms with Crippen LogP contribution in [0.25, 0.3) is 21.9 Å². The molecular weight excluding hydrogens is 279 g/mol. The summed E-state index contributed by atoms with van der Waals surface area (Å²) in [6.45, 7) is 0. The van der Waals surface area contributed by atoms with Gasteiger partial charge in [-0.3, -0.25) is 0 Å². The molecule has 0 amide bonds. The average molecular weight is 286 g/mol. The standard InChI is InChI=1S/C12H8O4S.K/c13-17(14,15)8-5-6-10-9-3-1-2-4-11(9)16-12(10)7-8;/h1-7H,(H,13,14,15);/q;+1/p-1. The van der Waals surface area contributed by atoms with Gasteiger partial charge in [0.2, 0.25) is 0 Å². The molecule has 2 aromatic carbocycles. The molecule has 3 aromatic rings. The van der Waals surface area contributed by atoms with Crippen LogP contribution in [0.3, 0.4) is 0 Å². The first-order valence-electron chi connectivity index (χ1n) is 4.93. The maximum absolute atomic E-state index is 10.9. The summed E-state index contributed by atoms with van der Waals surface area (Å²) in [5.74, 6) is 0. The van der Waals surface area contributed by atoms with E-state index >= 15 is 0 Å². The van der Waals surface area contributed by atoms with Gasteiger partial charge >= 0.3 is 51.4 Å². The van der Waals surface area contributed by atoms with Crippen LogP contribution in [0.2, 0.25) is 0 Å². The summed E-state index contributed by atoms with van der Waals surface area (Å²) in [4.78, 5) is -0.274. The third kappa shape index (κ3) is 2.42. The van der Waals surface area contributed by atoms with E-state index in [1.54, 1.807) is 12.1 Å². The van der Waals surface area contributed by atoms with Gasteiger partial charge in [-0.1, -0.05) is 18.2 Å². The molecule has 1 aromatic heterocycles. The molecule has 0 unspecified atom stereocenters. The van der Waals surface area contributed by atoms with E-state index in [1.165, 1.54) is 12.1 Å². The monoisotopic (exact) mass is 286 g/mol. The second-order valence-electron chi connectivity index (χ2n) is 3.71. The molecule has 0 saturated carbocycles. The van der Waals surface area contributed by atoms with Crippen molar-refractivity contribution < 1.29 is 68.8 Å². The van der Waals surface area contributed by atoms with Crippen LogP contribution in [0.1, 0.15) is 0 Å². The summed E-state index contributed by atoms with van der Waals surface area (Å²) in [6.07, 6.45) is 0. The number of furan rings is 1. The summed E-state index contributed by atoms with van der Waals surface area (Å²) in [5.41, 5.74) is 1.08. The minimum atomic E-state index is -4.44. The fraction of sp³-hybridized carbons (Fsp3) is 0. The van der Waals surface area contributed by atoms with E-state index in [2.05, 4.69) is 0 Å². The van der Waals surface area contributed by atoms with E-state index in [9.17, 15) is 13.0 Å². The van der Waals surface area contributed by atoms with Crippen LogP contribution in [0, 0.1) is 0 Å². The minimum Gasteiger partial charge on any atom is -0.744 e. The first-order chi connectivity index (χ1) is 8.05. The number of benzene rings is 2. The molecule has 0 fully saturated rings. The number of fused-ring (bicyclic) bond motifs is 3. The smallest absolute Gasteiger partial charge is 0.744 e. The summed E-state index contributed by atoms with van der Waals surface area (Å²) in [6, 6.07) is 11.5. The van der Waals surface area contributed by atoms with E-state index < -0.39 is 10.1 Å². The largest absolute Gasteiger partial charge is 1.00 e. The number of hydrogen-bond donors (Lipinski definition) is 0. The van der Waals surface area contributed by atoms with Crippen LogP contribution < -0.4 is 51.4 Å². The quantitative estimate of drug-likeness (QED) is 0.446. The van der Waals surface area contributed by atoms with Gasteiger partial charge in [0.15, 0.2) is 0 Å². The van der Waals surface area contributed by atoms with Gasteiger partial charge in [-0.25, -0.2) is 8.42 Å². The predicted molar refractivity (Wildman–Crippen MR) is 61.7 cm³/mol. The van der Waals surface area contributed by atoms with Crippen molar-refractivity contribution in [2.24, 2.45) is 0 Å². The molecule has 0 bridgehead atoms. The second kappa shape index (κ2) is 5.05. The molecule has 1 heterocycles. The Labute approximate surface area is 146 Å². The molecule has 86 valence electrons. The molecule has 0 N–H and O–H groups in total. The van der Waals surface area contributed by atoms with Crippen LogP contribution in [0.4, 0.5) is 0 Å². The average Bonchev–Trinajstić information content (AvgIpc) is 2.65. The zero-order valence-electron chi connectivity index (χ0n) is 9.58. The molecule has 0 saturated heterocycles. The van der Waals surface area contributed by atoms with Crippen molar-refractivity contribution in [3.8, 4) is 0 Å². The summed E-state index contributed by atoms with van der Waals surface area (Å²) in [5, 5.41) is 1.70. The van der Waals surface area contributed by atoms with E-state index in [0.29, 0.717) is 11.2 Å². The third-order valence-corrected chi connectivity index (χ3v) is 3.47. The molecule has 0 aliphatic heterocycles. The van der Waals surface area contributed by atoms with Crippen molar-refractivity contribution in [3.05, 3.63) is 42.5 Å². The topological polar surface area (TPSA) is 70.3 Å². The van der Waals surface area contributed by atoms with Gasteiger partial charge in [0.25, 0.3) is 0 Å². The molecule has 0 aliphatic carbocycles. The van der Waals surface area contributed by atoms with Crippen LogP contribution in [0.15, 0.2) is 51.8 Å². The molecule has 4 nitrogen and oxygen atoms in total. The van der Waals surface area contributed by atoms with Gasteiger partial charge in [-0.05, 0) is 24.3 Å². The van der Waals surface area contributed by atoms with Crippen LogP contribution in [0.5, 0.6) is 0 Å². The zero-order valence-corrected chi connectivity index (χ0v) is 13.5. The van der Waals surface area contributed by atoms with Gasteiger partial charge in [0, 0.05) is 10.8 Å².